The number of rotatable bonds is 4. The number of benzene rings is 1. The number of fused-ring (bicyclic) bond motifs is 1. The molecule has 1 fully saturated rings. The summed E-state index contributed by atoms with van der Waals surface area (Å²) in [6.07, 6.45) is 2.37. The Morgan fingerprint density at radius 3 is 2.59 bits per heavy atom. The van der Waals surface area contributed by atoms with Crippen LogP contribution in [0.2, 0.25) is 0 Å². The van der Waals surface area contributed by atoms with Crippen molar-refractivity contribution in [3.8, 4) is 11.5 Å². The van der Waals surface area contributed by atoms with Gasteiger partial charge in [0.1, 0.15) is 6.10 Å². The first-order valence-electron chi connectivity index (χ1n) is 10.2. The summed E-state index contributed by atoms with van der Waals surface area (Å²) in [5.74, 6) is -0.783. The molecule has 5 atom stereocenters. The lowest BCUT2D eigenvalue weighted by molar-refractivity contribution is -0.104. The topological polar surface area (TPSA) is 96.2 Å². The van der Waals surface area contributed by atoms with E-state index < -0.39 is 23.8 Å². The monoisotopic (exact) mass is 404 g/mol. The van der Waals surface area contributed by atoms with Gasteiger partial charge < -0.3 is 24.8 Å². The van der Waals surface area contributed by atoms with Crippen molar-refractivity contribution in [3.05, 3.63) is 35.4 Å². The Hall–Kier alpha value is -2.05. The molecule has 3 N–H and O–H groups in total. The van der Waals surface area contributed by atoms with Gasteiger partial charge in [-0.2, -0.15) is 0 Å². The predicted molar refractivity (Wildman–Crippen MR) is 109 cm³/mol. The lowest BCUT2D eigenvalue weighted by atomic mass is 9.67. The predicted octanol–water partition coefficient (Wildman–Crippen LogP) is 3.44. The Balaban J connectivity index is 1.99. The van der Waals surface area contributed by atoms with Crippen LogP contribution in [0.15, 0.2) is 29.8 Å². The molecule has 0 spiro atoms. The average Bonchev–Trinajstić information content (AvgIpc) is 2.88. The molecule has 160 valence electrons. The SMILES string of the molecule is COc1cc(C(=O)OC2C=C(C)C(O)CC3(C)CCC(O)(C(C)C)C23)ccc1O. The Labute approximate surface area is 172 Å². The molecule has 1 saturated carbocycles. The summed E-state index contributed by atoms with van der Waals surface area (Å²) < 4.78 is 11.0. The van der Waals surface area contributed by atoms with E-state index in [1.165, 1.54) is 25.3 Å². The maximum absolute atomic E-state index is 12.9. The summed E-state index contributed by atoms with van der Waals surface area (Å²) in [4.78, 5) is 12.9. The smallest absolute Gasteiger partial charge is 0.338 e. The van der Waals surface area contributed by atoms with Crippen LogP contribution in [-0.4, -0.2) is 46.2 Å². The molecule has 0 heterocycles. The number of esters is 1. The quantitative estimate of drug-likeness (QED) is 0.525. The summed E-state index contributed by atoms with van der Waals surface area (Å²) in [6.45, 7) is 7.85. The number of carbonyl (C=O) groups excluding carboxylic acids is 1. The molecule has 29 heavy (non-hydrogen) atoms. The van der Waals surface area contributed by atoms with E-state index in [2.05, 4.69) is 6.92 Å². The van der Waals surface area contributed by atoms with Gasteiger partial charge in [0.25, 0.3) is 0 Å². The number of methoxy groups -OCH3 is 1. The molecular formula is C23H32O6. The van der Waals surface area contributed by atoms with E-state index in [4.69, 9.17) is 9.47 Å². The fraction of sp³-hybridized carbons (Fsp3) is 0.609. The van der Waals surface area contributed by atoms with Crippen LogP contribution >= 0.6 is 0 Å². The van der Waals surface area contributed by atoms with Gasteiger partial charge in [-0.1, -0.05) is 20.8 Å². The van der Waals surface area contributed by atoms with Crippen molar-refractivity contribution < 1.29 is 29.6 Å². The number of hydrogen-bond acceptors (Lipinski definition) is 6. The van der Waals surface area contributed by atoms with Crippen LogP contribution in [0.3, 0.4) is 0 Å². The Morgan fingerprint density at radius 1 is 1.28 bits per heavy atom. The third kappa shape index (κ3) is 3.76. The van der Waals surface area contributed by atoms with Crippen LogP contribution in [-0.2, 0) is 4.74 Å². The highest BCUT2D eigenvalue weighted by Crippen LogP contribution is 2.58. The van der Waals surface area contributed by atoms with Crippen LogP contribution in [0.25, 0.3) is 0 Å². The first-order valence-corrected chi connectivity index (χ1v) is 10.2. The van der Waals surface area contributed by atoms with E-state index in [0.717, 1.165) is 12.0 Å². The normalized spacial score (nSPS) is 34.3. The average molecular weight is 405 g/mol. The van der Waals surface area contributed by atoms with Crippen LogP contribution in [0.5, 0.6) is 11.5 Å². The minimum atomic E-state index is -0.993. The van der Waals surface area contributed by atoms with Gasteiger partial charge in [-0.25, -0.2) is 4.79 Å². The second-order valence-corrected chi connectivity index (χ2v) is 9.16. The molecule has 6 nitrogen and oxygen atoms in total. The zero-order valence-corrected chi connectivity index (χ0v) is 17.8. The van der Waals surface area contributed by atoms with E-state index in [1.54, 1.807) is 6.08 Å². The number of aromatic hydroxyl groups is 1. The lowest BCUT2D eigenvalue weighted by Crippen LogP contribution is -2.50. The molecule has 2 aliphatic rings. The van der Waals surface area contributed by atoms with Crippen LogP contribution in [0.4, 0.5) is 0 Å². The number of aliphatic hydroxyl groups excluding tert-OH is 1. The fourth-order valence-corrected chi connectivity index (χ4v) is 5.13. The van der Waals surface area contributed by atoms with E-state index >= 15 is 0 Å². The summed E-state index contributed by atoms with van der Waals surface area (Å²) in [5, 5.41) is 31.9. The van der Waals surface area contributed by atoms with Crippen LogP contribution < -0.4 is 4.74 Å². The minimum absolute atomic E-state index is 0.0201. The van der Waals surface area contributed by atoms with Crippen molar-refractivity contribution in [1.29, 1.82) is 0 Å². The molecular weight excluding hydrogens is 372 g/mol. The molecule has 0 aromatic heterocycles. The number of phenols is 1. The summed E-state index contributed by atoms with van der Waals surface area (Å²) in [7, 11) is 1.41. The highest BCUT2D eigenvalue weighted by atomic mass is 16.5. The van der Waals surface area contributed by atoms with Gasteiger partial charge in [-0.15, -0.1) is 0 Å². The number of phenolic OH excluding ortho intramolecular Hbond substituents is 1. The van der Waals surface area contributed by atoms with Gasteiger partial charge in [-0.05, 0) is 67.4 Å². The molecule has 3 rings (SSSR count). The zero-order valence-electron chi connectivity index (χ0n) is 17.8. The van der Waals surface area contributed by atoms with Gasteiger partial charge >= 0.3 is 5.97 Å². The third-order valence-electron chi connectivity index (χ3n) is 6.99. The Kier molecular flexibility index (Phi) is 5.71. The van der Waals surface area contributed by atoms with E-state index in [1.807, 2.05) is 20.8 Å². The van der Waals surface area contributed by atoms with E-state index in [0.29, 0.717) is 12.8 Å². The van der Waals surface area contributed by atoms with Crippen molar-refractivity contribution in [1.82, 2.24) is 0 Å². The molecule has 5 unspecified atom stereocenters. The van der Waals surface area contributed by atoms with E-state index in [-0.39, 0.29) is 34.3 Å². The van der Waals surface area contributed by atoms with Crippen molar-refractivity contribution >= 4 is 5.97 Å². The molecule has 0 amide bonds. The van der Waals surface area contributed by atoms with Gasteiger partial charge in [0, 0.05) is 5.92 Å². The number of ether oxygens (including phenoxy) is 2. The third-order valence-corrected chi connectivity index (χ3v) is 6.99. The van der Waals surface area contributed by atoms with Crippen molar-refractivity contribution in [3.63, 3.8) is 0 Å². The molecule has 1 aromatic carbocycles. The molecule has 6 heteroatoms. The maximum atomic E-state index is 12.9. The maximum Gasteiger partial charge on any atom is 0.338 e. The fourth-order valence-electron chi connectivity index (χ4n) is 5.13. The van der Waals surface area contributed by atoms with Gasteiger partial charge in [0.05, 0.1) is 24.4 Å². The molecule has 0 saturated heterocycles. The molecule has 0 radical (unpaired) electrons. The van der Waals surface area contributed by atoms with Crippen molar-refractivity contribution in [2.75, 3.05) is 7.11 Å². The molecule has 2 aliphatic carbocycles. The minimum Gasteiger partial charge on any atom is -0.504 e. The zero-order chi connectivity index (χ0) is 21.6. The summed E-state index contributed by atoms with van der Waals surface area (Å²) >= 11 is 0. The lowest BCUT2D eigenvalue weighted by Gasteiger charge is -2.43. The largest absolute Gasteiger partial charge is 0.504 e. The van der Waals surface area contributed by atoms with E-state index in [9.17, 15) is 20.1 Å². The van der Waals surface area contributed by atoms with Crippen molar-refractivity contribution in [2.24, 2.45) is 17.3 Å². The number of aliphatic hydroxyl groups is 2. The Morgan fingerprint density at radius 2 is 1.97 bits per heavy atom. The molecule has 0 aliphatic heterocycles. The highest BCUT2D eigenvalue weighted by Gasteiger charge is 2.60. The van der Waals surface area contributed by atoms with Crippen LogP contribution in [0, 0.1) is 17.3 Å². The molecule has 0 bridgehead atoms. The Bertz CT molecular complexity index is 816. The van der Waals surface area contributed by atoms with Crippen molar-refractivity contribution in [2.45, 2.75) is 64.8 Å². The van der Waals surface area contributed by atoms with Gasteiger partial charge in [0.2, 0.25) is 0 Å². The summed E-state index contributed by atoms with van der Waals surface area (Å²) in [6, 6.07) is 4.30. The standard InChI is InChI=1S/C23H32O6/c1-13(2)23(27)9-8-22(4)12-17(25)14(3)10-19(20(22)23)29-21(26)15-6-7-16(24)18(11-15)28-5/h6-7,10-11,13,17,19-20,24-25,27H,8-9,12H2,1-5H3. The second kappa shape index (κ2) is 7.65. The number of carbonyl (C=O) groups is 1. The van der Waals surface area contributed by atoms with Crippen LogP contribution in [0.1, 0.15) is 57.3 Å². The highest BCUT2D eigenvalue weighted by molar-refractivity contribution is 5.90. The summed E-state index contributed by atoms with van der Waals surface area (Å²) in [5.41, 5.74) is -0.353. The van der Waals surface area contributed by atoms with Gasteiger partial charge in [0.15, 0.2) is 11.5 Å². The second-order valence-electron chi connectivity index (χ2n) is 9.16. The number of hydrogen-bond donors (Lipinski definition) is 3. The van der Waals surface area contributed by atoms with Gasteiger partial charge in [-0.3, -0.25) is 0 Å². The molecule has 1 aromatic rings. The first kappa shape index (κ1) is 21.7. The first-order chi connectivity index (χ1) is 13.5.